The van der Waals surface area contributed by atoms with E-state index in [1.807, 2.05) is 0 Å². The molecular formula is C21H20FN5O4S. The first kappa shape index (κ1) is 21.8. The molecule has 0 aliphatic carbocycles. The standard InChI is InChI=1S/C21H20FN5O4S/c1-13(14-7-8-24-20(9-14)31-32(2,29)30)26-21(28)18-10-23-12-19-17(18)11-25-27(19)16-5-3-15(22)4-6-16/h3-6,8-13,20H,7H2,1-2H3,(H,26,28)/t13?,20-/m0/s1. The molecule has 0 spiro atoms. The van der Waals surface area contributed by atoms with Crippen molar-refractivity contribution in [2.45, 2.75) is 25.6 Å². The molecule has 4 rings (SSSR count). The van der Waals surface area contributed by atoms with Crippen molar-refractivity contribution in [1.29, 1.82) is 0 Å². The normalized spacial score (nSPS) is 17.2. The lowest BCUT2D eigenvalue weighted by atomic mass is 10.0. The van der Waals surface area contributed by atoms with Crippen LogP contribution in [0.3, 0.4) is 0 Å². The number of amides is 1. The fourth-order valence-electron chi connectivity index (χ4n) is 3.39. The fourth-order valence-corrected chi connectivity index (χ4v) is 3.85. The van der Waals surface area contributed by atoms with Gasteiger partial charge < -0.3 is 5.32 Å². The number of fused-ring (bicyclic) bond motifs is 1. The quantitative estimate of drug-likeness (QED) is 0.449. The zero-order valence-electron chi connectivity index (χ0n) is 17.3. The number of rotatable bonds is 6. The van der Waals surface area contributed by atoms with Gasteiger partial charge in [-0.3, -0.25) is 14.8 Å². The van der Waals surface area contributed by atoms with Crippen molar-refractivity contribution >= 4 is 33.1 Å². The minimum Gasteiger partial charge on any atom is -0.346 e. The average molecular weight is 457 g/mol. The van der Waals surface area contributed by atoms with Crippen LogP contribution in [0.25, 0.3) is 16.6 Å². The fraction of sp³-hybridized carbons (Fsp3) is 0.238. The summed E-state index contributed by atoms with van der Waals surface area (Å²) in [6.07, 6.45) is 8.19. The summed E-state index contributed by atoms with van der Waals surface area (Å²) in [5.74, 6) is -0.720. The molecule has 0 saturated carbocycles. The monoisotopic (exact) mass is 457 g/mol. The van der Waals surface area contributed by atoms with Gasteiger partial charge in [0.25, 0.3) is 16.0 Å². The molecule has 11 heteroatoms. The maximum absolute atomic E-state index is 13.2. The van der Waals surface area contributed by atoms with Crippen LogP contribution in [0.2, 0.25) is 0 Å². The lowest BCUT2D eigenvalue weighted by Crippen LogP contribution is -2.35. The summed E-state index contributed by atoms with van der Waals surface area (Å²) < 4.78 is 42.4. The lowest BCUT2D eigenvalue weighted by molar-refractivity contribution is 0.0946. The van der Waals surface area contributed by atoms with Gasteiger partial charge in [-0.15, -0.1) is 0 Å². The highest BCUT2D eigenvalue weighted by Crippen LogP contribution is 2.22. The third kappa shape index (κ3) is 4.73. The van der Waals surface area contributed by atoms with Crippen LogP contribution in [-0.4, -0.2) is 53.8 Å². The highest BCUT2D eigenvalue weighted by Gasteiger charge is 2.21. The molecule has 1 aromatic carbocycles. The molecular weight excluding hydrogens is 437 g/mol. The molecule has 2 aromatic heterocycles. The molecule has 0 fully saturated rings. The molecule has 32 heavy (non-hydrogen) atoms. The van der Waals surface area contributed by atoms with Crippen molar-refractivity contribution in [3.05, 3.63) is 65.9 Å². The van der Waals surface area contributed by atoms with E-state index in [-0.39, 0.29) is 11.7 Å². The van der Waals surface area contributed by atoms with Crippen LogP contribution >= 0.6 is 0 Å². The van der Waals surface area contributed by atoms with Crippen molar-refractivity contribution in [2.24, 2.45) is 4.99 Å². The van der Waals surface area contributed by atoms with E-state index < -0.39 is 22.4 Å². The van der Waals surface area contributed by atoms with E-state index in [1.54, 1.807) is 48.4 Å². The van der Waals surface area contributed by atoms with Crippen molar-refractivity contribution in [3.8, 4) is 5.69 Å². The number of carbonyl (C=O) groups is 1. The molecule has 1 aliphatic heterocycles. The van der Waals surface area contributed by atoms with E-state index in [2.05, 4.69) is 20.4 Å². The van der Waals surface area contributed by atoms with E-state index in [0.717, 1.165) is 11.8 Å². The van der Waals surface area contributed by atoms with Crippen LogP contribution in [0.15, 0.2) is 59.5 Å². The zero-order valence-corrected chi connectivity index (χ0v) is 18.1. The molecule has 166 valence electrons. The molecule has 1 aliphatic rings. The highest BCUT2D eigenvalue weighted by molar-refractivity contribution is 7.86. The summed E-state index contributed by atoms with van der Waals surface area (Å²) >= 11 is 0. The molecule has 1 unspecified atom stereocenters. The first-order chi connectivity index (χ1) is 15.2. The first-order valence-electron chi connectivity index (χ1n) is 9.70. The Kier molecular flexibility index (Phi) is 5.85. The Morgan fingerprint density at radius 2 is 2.00 bits per heavy atom. The van der Waals surface area contributed by atoms with Gasteiger partial charge in [0.2, 0.25) is 0 Å². The number of nitrogens with zero attached hydrogens (tertiary/aromatic N) is 4. The number of pyridine rings is 1. The van der Waals surface area contributed by atoms with Gasteiger partial charge in [-0.2, -0.15) is 13.5 Å². The number of nitrogens with one attached hydrogen (secondary N) is 1. The van der Waals surface area contributed by atoms with Crippen LogP contribution in [0, 0.1) is 5.82 Å². The molecule has 0 saturated heterocycles. The minimum absolute atomic E-state index is 0.330. The second-order valence-corrected chi connectivity index (χ2v) is 8.92. The third-order valence-corrected chi connectivity index (χ3v) is 5.47. The van der Waals surface area contributed by atoms with E-state index in [0.29, 0.717) is 28.6 Å². The lowest BCUT2D eigenvalue weighted by Gasteiger charge is -2.21. The second-order valence-electron chi connectivity index (χ2n) is 7.32. The Morgan fingerprint density at radius 3 is 2.72 bits per heavy atom. The van der Waals surface area contributed by atoms with Crippen molar-refractivity contribution in [1.82, 2.24) is 20.1 Å². The largest absolute Gasteiger partial charge is 0.346 e. The molecule has 1 amide bonds. The number of dihydropyridines is 1. The van der Waals surface area contributed by atoms with Crippen LogP contribution in [0.5, 0.6) is 0 Å². The molecule has 0 radical (unpaired) electrons. The van der Waals surface area contributed by atoms with E-state index in [4.69, 9.17) is 4.18 Å². The summed E-state index contributed by atoms with van der Waals surface area (Å²) in [5.41, 5.74) is 2.33. The number of aliphatic imine (C=N–C) groups is 1. The van der Waals surface area contributed by atoms with Crippen molar-refractivity contribution in [3.63, 3.8) is 0 Å². The number of aromatic nitrogens is 3. The predicted octanol–water partition coefficient (Wildman–Crippen LogP) is 2.38. The van der Waals surface area contributed by atoms with Gasteiger partial charge in [0, 0.05) is 30.3 Å². The van der Waals surface area contributed by atoms with Crippen LogP contribution < -0.4 is 5.32 Å². The minimum atomic E-state index is -3.67. The highest BCUT2D eigenvalue weighted by atomic mass is 32.2. The smallest absolute Gasteiger partial charge is 0.266 e. The molecule has 9 nitrogen and oxygen atoms in total. The molecule has 1 N–H and O–H groups in total. The van der Waals surface area contributed by atoms with Gasteiger partial charge in [0.1, 0.15) is 5.82 Å². The second kappa shape index (κ2) is 8.60. The van der Waals surface area contributed by atoms with E-state index in [9.17, 15) is 17.6 Å². The van der Waals surface area contributed by atoms with Crippen LogP contribution in [-0.2, 0) is 14.3 Å². The van der Waals surface area contributed by atoms with E-state index >= 15 is 0 Å². The van der Waals surface area contributed by atoms with Gasteiger partial charge in [0.05, 0.1) is 35.4 Å². The SMILES string of the molecule is CC(NC(=O)c1cncc2c1cnn2-c1ccc(F)cc1)C1=C[C@H](OS(C)(=O)=O)N=CC1. The number of hydrogen-bond acceptors (Lipinski definition) is 7. The Labute approximate surface area is 183 Å². The molecule has 3 aromatic rings. The van der Waals surface area contributed by atoms with Gasteiger partial charge in [-0.1, -0.05) is 0 Å². The zero-order chi connectivity index (χ0) is 22.9. The van der Waals surface area contributed by atoms with Gasteiger partial charge in [-0.25, -0.2) is 13.3 Å². The summed E-state index contributed by atoms with van der Waals surface area (Å²) in [6.45, 7) is 1.79. The van der Waals surface area contributed by atoms with Crippen molar-refractivity contribution in [2.75, 3.05) is 6.26 Å². The molecule has 0 bridgehead atoms. The number of hydrogen-bond donors (Lipinski definition) is 1. The van der Waals surface area contributed by atoms with Crippen LogP contribution in [0.4, 0.5) is 4.39 Å². The number of carbonyl (C=O) groups excluding carboxylic acids is 1. The average Bonchev–Trinajstić information content (AvgIpc) is 3.17. The topological polar surface area (TPSA) is 116 Å². The predicted molar refractivity (Wildman–Crippen MR) is 117 cm³/mol. The van der Waals surface area contributed by atoms with E-state index in [1.165, 1.54) is 18.3 Å². The number of benzene rings is 1. The van der Waals surface area contributed by atoms with Gasteiger partial charge in [0.15, 0.2) is 6.23 Å². The Hall–Kier alpha value is -3.44. The Bertz CT molecular complexity index is 1330. The molecule has 2 atom stereocenters. The van der Waals surface area contributed by atoms with Crippen LogP contribution in [0.1, 0.15) is 23.7 Å². The third-order valence-electron chi connectivity index (χ3n) is 4.93. The maximum Gasteiger partial charge on any atom is 0.266 e. The van der Waals surface area contributed by atoms with Gasteiger partial charge in [-0.05, 0) is 42.8 Å². The maximum atomic E-state index is 13.2. The summed E-state index contributed by atoms with van der Waals surface area (Å²) in [7, 11) is -3.67. The first-order valence-corrected chi connectivity index (χ1v) is 11.5. The van der Waals surface area contributed by atoms with Crippen molar-refractivity contribution < 1.29 is 21.8 Å². The summed E-state index contributed by atoms with van der Waals surface area (Å²) in [6, 6.07) is 5.43. The Morgan fingerprint density at radius 1 is 1.25 bits per heavy atom. The number of halogens is 1. The molecule has 3 heterocycles. The summed E-state index contributed by atoms with van der Waals surface area (Å²) in [4.78, 5) is 21.2. The van der Waals surface area contributed by atoms with Gasteiger partial charge >= 0.3 is 0 Å². The Balaban J connectivity index is 1.56. The summed E-state index contributed by atoms with van der Waals surface area (Å²) in [5, 5.41) is 7.81.